The first-order valence-electron chi connectivity index (χ1n) is 7.41. The first-order valence-corrected chi connectivity index (χ1v) is 8.82. The second-order valence-corrected chi connectivity index (χ2v) is 7.49. The second kappa shape index (κ2) is 5.91. The molecule has 4 nitrogen and oxygen atoms in total. The zero-order valence-corrected chi connectivity index (χ0v) is 13.3. The normalized spacial score (nSPS) is 18.7. The van der Waals surface area contributed by atoms with Crippen LogP contribution in [0.2, 0.25) is 5.02 Å². The van der Waals surface area contributed by atoms with Crippen molar-refractivity contribution in [3.05, 3.63) is 59.1 Å². The van der Waals surface area contributed by atoms with Crippen molar-refractivity contribution in [3.8, 4) is 0 Å². The summed E-state index contributed by atoms with van der Waals surface area (Å²) in [4.78, 5) is 0.175. The standard InChI is InChI=1S/C16H16ClNO3S/c17-13-6-9-15(10-7-13)22(20,21)18-14(11-19)8-5-12-3-1-2-4-16(12)18/h1-4,6-7,9-10,14,19H,5,8,11H2/i19T. The van der Waals surface area contributed by atoms with E-state index in [1.165, 1.54) is 16.4 Å². The number of fused-ring (bicyclic) bond motifs is 1. The van der Waals surface area contributed by atoms with Crippen LogP contribution < -0.4 is 4.31 Å². The maximum absolute atomic E-state index is 13.1. The summed E-state index contributed by atoms with van der Waals surface area (Å²) in [7, 11) is -3.75. The van der Waals surface area contributed by atoms with Crippen molar-refractivity contribution in [2.45, 2.75) is 23.8 Å². The number of aliphatic hydroxyl groups is 1. The molecule has 116 valence electrons. The minimum absolute atomic E-state index is 0.0289. The Morgan fingerprint density at radius 2 is 1.95 bits per heavy atom. The molecule has 2 aromatic carbocycles. The van der Waals surface area contributed by atoms with Gasteiger partial charge in [0.2, 0.25) is 1.43 Å². The van der Waals surface area contributed by atoms with Gasteiger partial charge in [0.05, 0.1) is 23.2 Å². The lowest BCUT2D eigenvalue weighted by Crippen LogP contribution is -2.45. The lowest BCUT2D eigenvalue weighted by molar-refractivity contribution is 0.258. The highest BCUT2D eigenvalue weighted by atomic mass is 35.5. The Labute approximate surface area is 136 Å². The van der Waals surface area contributed by atoms with Crippen molar-refractivity contribution in [3.63, 3.8) is 0 Å². The summed E-state index contributed by atoms with van der Waals surface area (Å²) in [5, 5.41) is 4.98. The Balaban J connectivity index is 2.11. The fraction of sp³-hybridized carbons (Fsp3) is 0.250. The van der Waals surface area contributed by atoms with E-state index in [4.69, 9.17) is 13.0 Å². The predicted molar refractivity (Wildman–Crippen MR) is 86.8 cm³/mol. The van der Waals surface area contributed by atoms with Gasteiger partial charge in [0.25, 0.3) is 10.0 Å². The molecule has 0 radical (unpaired) electrons. The van der Waals surface area contributed by atoms with Gasteiger partial charge < -0.3 is 5.11 Å². The van der Waals surface area contributed by atoms with Crippen LogP contribution in [0, 0.1) is 0 Å². The number of para-hydroxylation sites is 1. The van der Waals surface area contributed by atoms with Crippen molar-refractivity contribution in [2.24, 2.45) is 0 Å². The van der Waals surface area contributed by atoms with Crippen LogP contribution in [0.3, 0.4) is 0 Å². The highest BCUT2D eigenvalue weighted by Crippen LogP contribution is 2.35. The molecule has 0 spiro atoms. The van der Waals surface area contributed by atoms with Crippen molar-refractivity contribution in [2.75, 3.05) is 10.9 Å². The minimum atomic E-state index is -3.75. The van der Waals surface area contributed by atoms with Crippen molar-refractivity contribution in [1.82, 2.24) is 0 Å². The Bertz CT molecular complexity index is 795. The van der Waals surface area contributed by atoms with E-state index in [9.17, 15) is 8.42 Å². The van der Waals surface area contributed by atoms with Crippen LogP contribution in [0.1, 0.15) is 12.0 Å². The molecule has 0 amide bonds. The number of benzene rings is 2. The number of halogens is 1. The van der Waals surface area contributed by atoms with Gasteiger partial charge in [-0.2, -0.15) is 0 Å². The van der Waals surface area contributed by atoms with Gasteiger partial charge in [-0.05, 0) is 48.7 Å². The third-order valence-corrected chi connectivity index (χ3v) is 6.00. The maximum Gasteiger partial charge on any atom is 0.264 e. The molecule has 1 aliphatic rings. The first kappa shape index (κ1) is 14.1. The Morgan fingerprint density at radius 1 is 1.23 bits per heavy atom. The molecule has 2 aromatic rings. The minimum Gasteiger partial charge on any atom is -0.394 e. The lowest BCUT2D eigenvalue weighted by Gasteiger charge is -2.36. The van der Waals surface area contributed by atoms with E-state index in [-0.39, 0.29) is 11.5 Å². The molecule has 3 rings (SSSR count). The number of anilines is 1. The van der Waals surface area contributed by atoms with Gasteiger partial charge in [-0.3, -0.25) is 4.31 Å². The average molecular weight is 340 g/mol. The van der Waals surface area contributed by atoms with Gasteiger partial charge in [-0.25, -0.2) is 8.42 Å². The number of hydrogen-bond acceptors (Lipinski definition) is 3. The molecule has 6 heteroatoms. The summed E-state index contributed by atoms with van der Waals surface area (Å²) in [6.45, 7) is 0.0289. The van der Waals surface area contributed by atoms with Crippen LogP contribution in [0.4, 0.5) is 5.69 Å². The molecule has 22 heavy (non-hydrogen) atoms. The van der Waals surface area contributed by atoms with Crippen LogP contribution in [0.25, 0.3) is 0 Å². The van der Waals surface area contributed by atoms with E-state index in [1.54, 1.807) is 18.2 Å². The van der Waals surface area contributed by atoms with E-state index in [0.717, 1.165) is 12.0 Å². The molecular formula is C16H16ClNO3S. The topological polar surface area (TPSA) is 57.6 Å². The van der Waals surface area contributed by atoms with E-state index in [1.807, 2.05) is 18.2 Å². The number of sulfonamides is 1. The van der Waals surface area contributed by atoms with Gasteiger partial charge in [0, 0.05) is 5.02 Å². The van der Waals surface area contributed by atoms with E-state index < -0.39 is 16.1 Å². The molecule has 0 aliphatic carbocycles. The number of aliphatic hydroxyl groups excluding tert-OH is 1. The second-order valence-electron chi connectivity index (χ2n) is 5.24. The monoisotopic (exact) mass is 339 g/mol. The maximum atomic E-state index is 13.1. The first-order chi connectivity index (χ1) is 11.0. The largest absolute Gasteiger partial charge is 0.394 e. The van der Waals surface area contributed by atoms with Gasteiger partial charge in [-0.15, -0.1) is 0 Å². The molecule has 1 N–H and O–H groups in total. The van der Waals surface area contributed by atoms with E-state index in [2.05, 4.69) is 5.11 Å². The van der Waals surface area contributed by atoms with Crippen molar-refractivity contribution < 1.29 is 13.5 Å². The molecule has 1 aliphatic heterocycles. The van der Waals surface area contributed by atoms with E-state index >= 15 is 0 Å². The quantitative estimate of drug-likeness (QED) is 0.931. The highest BCUT2D eigenvalue weighted by molar-refractivity contribution is 7.92. The number of aryl methyl sites for hydroxylation is 1. The number of rotatable bonds is 4. The summed E-state index contributed by atoms with van der Waals surface area (Å²) in [6.07, 6.45) is 1.37. The Kier molecular flexibility index (Phi) is 3.78. The average Bonchev–Trinajstić information content (AvgIpc) is 2.55. The van der Waals surface area contributed by atoms with Crippen molar-refractivity contribution >= 4 is 27.3 Å². The summed E-state index contributed by atoms with van der Waals surface area (Å²) in [5.41, 5.74) is 1.63. The summed E-state index contributed by atoms with van der Waals surface area (Å²) < 4.78 is 34.6. The molecule has 1 atom stereocenters. The molecule has 1 unspecified atom stereocenters. The number of nitrogens with zero attached hydrogens (tertiary/aromatic N) is 1. The third kappa shape index (κ3) is 2.60. The number of hydrogen-bond donors (Lipinski definition) is 1. The lowest BCUT2D eigenvalue weighted by atomic mass is 9.99. The highest BCUT2D eigenvalue weighted by Gasteiger charge is 2.35. The van der Waals surface area contributed by atoms with Gasteiger partial charge in [0.15, 0.2) is 0 Å². The van der Waals surface area contributed by atoms with Gasteiger partial charge in [0.1, 0.15) is 0 Å². The molecule has 1 heterocycles. The smallest absolute Gasteiger partial charge is 0.264 e. The zero-order valence-electron chi connectivity index (χ0n) is 12.8. The third-order valence-electron chi connectivity index (χ3n) is 3.87. The Morgan fingerprint density at radius 3 is 2.68 bits per heavy atom. The fourth-order valence-corrected chi connectivity index (χ4v) is 4.60. The molecular weight excluding hydrogens is 322 g/mol. The summed E-state index contributed by atoms with van der Waals surface area (Å²) in [6, 6.07) is 13.1. The van der Waals surface area contributed by atoms with Crippen LogP contribution in [0.5, 0.6) is 0 Å². The van der Waals surface area contributed by atoms with Crippen LogP contribution in [-0.4, -0.2) is 27.6 Å². The molecule has 0 saturated carbocycles. The molecule has 0 saturated heterocycles. The molecule has 0 fully saturated rings. The fourth-order valence-electron chi connectivity index (χ4n) is 2.77. The SMILES string of the molecule is [3H]OCC1CCc2ccccc2N1S(=O)(=O)c1ccc(Cl)cc1. The van der Waals surface area contributed by atoms with Crippen LogP contribution >= 0.6 is 11.6 Å². The zero-order chi connectivity index (χ0) is 16.4. The molecule has 0 aromatic heterocycles. The Hall–Kier alpha value is -1.56. The predicted octanol–water partition coefficient (Wildman–Crippen LogP) is 2.84. The van der Waals surface area contributed by atoms with Gasteiger partial charge >= 0.3 is 0 Å². The van der Waals surface area contributed by atoms with Crippen LogP contribution in [0.15, 0.2) is 53.4 Å². The van der Waals surface area contributed by atoms with Crippen LogP contribution in [-0.2, 0) is 16.4 Å². The summed E-state index contributed by atoms with van der Waals surface area (Å²) >= 11 is 5.85. The summed E-state index contributed by atoms with van der Waals surface area (Å²) in [5.74, 6) is 0. The van der Waals surface area contributed by atoms with Gasteiger partial charge in [-0.1, -0.05) is 29.8 Å². The van der Waals surface area contributed by atoms with Crippen molar-refractivity contribution in [1.29, 1.82) is 1.43 Å². The van der Waals surface area contributed by atoms with E-state index in [0.29, 0.717) is 17.1 Å². The molecule has 0 bridgehead atoms.